The first-order chi connectivity index (χ1) is 13.8. The average molecular weight is 411 g/mol. The van der Waals surface area contributed by atoms with Crippen LogP contribution in [0.2, 0.25) is 0 Å². The molecule has 8 heteroatoms. The van der Waals surface area contributed by atoms with Gasteiger partial charge in [-0.15, -0.1) is 28.1 Å². The van der Waals surface area contributed by atoms with Crippen molar-refractivity contribution in [2.75, 3.05) is 7.11 Å². The van der Waals surface area contributed by atoms with Gasteiger partial charge in [0.1, 0.15) is 10.8 Å². The van der Waals surface area contributed by atoms with Gasteiger partial charge in [-0.3, -0.25) is 4.57 Å². The van der Waals surface area contributed by atoms with Crippen LogP contribution >= 0.6 is 23.1 Å². The van der Waals surface area contributed by atoms with Crippen LogP contribution in [0.5, 0.6) is 5.75 Å². The van der Waals surface area contributed by atoms with Gasteiger partial charge < -0.3 is 9.15 Å². The maximum absolute atomic E-state index is 5.46. The minimum atomic E-state index is 0.611. The van der Waals surface area contributed by atoms with Gasteiger partial charge in [-0.1, -0.05) is 17.8 Å². The fourth-order valence-corrected chi connectivity index (χ4v) is 4.43. The van der Waals surface area contributed by atoms with Gasteiger partial charge in [-0.25, -0.2) is 4.98 Å². The highest BCUT2D eigenvalue weighted by molar-refractivity contribution is 7.98. The van der Waals surface area contributed by atoms with Crippen molar-refractivity contribution in [2.24, 2.45) is 0 Å². The van der Waals surface area contributed by atoms with Crippen molar-refractivity contribution in [3.05, 3.63) is 66.4 Å². The fourth-order valence-electron chi connectivity index (χ4n) is 2.66. The number of aromatic nitrogens is 4. The number of nitrogens with zero attached hydrogens (tertiary/aromatic N) is 4. The lowest BCUT2D eigenvalue weighted by Gasteiger charge is -2.05. The summed E-state index contributed by atoms with van der Waals surface area (Å²) >= 11 is 3.23. The van der Waals surface area contributed by atoms with Crippen LogP contribution in [-0.2, 0) is 12.3 Å². The molecule has 3 heterocycles. The van der Waals surface area contributed by atoms with Crippen LogP contribution in [0.4, 0.5) is 0 Å². The Bertz CT molecular complexity index is 1050. The van der Waals surface area contributed by atoms with Gasteiger partial charge in [0.25, 0.3) is 0 Å². The SMILES string of the molecule is C=CCn1c(SCc2csc(-c3ccc(OC)cc3)n2)nnc1-c1ccco1. The predicted molar refractivity (Wildman–Crippen MR) is 112 cm³/mol. The predicted octanol–water partition coefficient (Wildman–Crippen LogP) is 5.15. The number of ether oxygens (including phenoxy) is 1. The highest BCUT2D eigenvalue weighted by Gasteiger charge is 2.16. The minimum absolute atomic E-state index is 0.611. The average Bonchev–Trinajstić information content (AvgIpc) is 3.48. The zero-order valence-electron chi connectivity index (χ0n) is 15.2. The second-order valence-corrected chi connectivity index (χ2v) is 7.64. The van der Waals surface area contributed by atoms with Crippen molar-refractivity contribution in [1.29, 1.82) is 0 Å². The molecular formula is C20H18N4O2S2. The Morgan fingerprint density at radius 1 is 1.25 bits per heavy atom. The van der Waals surface area contributed by atoms with Crippen LogP contribution in [0.15, 0.2) is 70.3 Å². The van der Waals surface area contributed by atoms with Gasteiger partial charge in [0.05, 0.1) is 19.1 Å². The molecule has 0 atom stereocenters. The van der Waals surface area contributed by atoms with Crippen molar-refractivity contribution >= 4 is 23.1 Å². The lowest BCUT2D eigenvalue weighted by molar-refractivity contribution is 0.415. The number of furan rings is 1. The highest BCUT2D eigenvalue weighted by atomic mass is 32.2. The summed E-state index contributed by atoms with van der Waals surface area (Å²) in [5, 5.41) is 12.5. The van der Waals surface area contributed by atoms with Gasteiger partial charge in [0.2, 0.25) is 5.82 Å². The van der Waals surface area contributed by atoms with Crippen LogP contribution in [0, 0.1) is 0 Å². The molecule has 0 aliphatic heterocycles. The van der Waals surface area contributed by atoms with E-state index < -0.39 is 0 Å². The summed E-state index contributed by atoms with van der Waals surface area (Å²) in [5.74, 6) is 2.94. The molecule has 4 rings (SSSR count). The Labute approximate surface area is 170 Å². The number of allylic oxidation sites excluding steroid dienone is 1. The van der Waals surface area contributed by atoms with E-state index in [1.165, 1.54) is 0 Å². The van der Waals surface area contributed by atoms with E-state index >= 15 is 0 Å². The molecule has 0 unspecified atom stereocenters. The molecule has 28 heavy (non-hydrogen) atoms. The van der Waals surface area contributed by atoms with Crippen molar-refractivity contribution in [3.8, 4) is 27.9 Å². The van der Waals surface area contributed by atoms with Crippen LogP contribution in [0.25, 0.3) is 22.2 Å². The first kappa shape index (κ1) is 18.5. The molecule has 0 saturated heterocycles. The molecular weight excluding hydrogens is 392 g/mol. The smallest absolute Gasteiger partial charge is 0.200 e. The van der Waals surface area contributed by atoms with E-state index in [-0.39, 0.29) is 0 Å². The van der Waals surface area contributed by atoms with Crippen LogP contribution < -0.4 is 4.74 Å². The molecule has 0 radical (unpaired) electrons. The summed E-state index contributed by atoms with van der Waals surface area (Å²) in [4.78, 5) is 4.74. The molecule has 0 fully saturated rings. The van der Waals surface area contributed by atoms with Crippen molar-refractivity contribution < 1.29 is 9.15 Å². The Hall–Kier alpha value is -2.84. The second kappa shape index (κ2) is 8.45. The van der Waals surface area contributed by atoms with Gasteiger partial charge >= 0.3 is 0 Å². The molecule has 0 amide bonds. The molecule has 1 aromatic carbocycles. The normalized spacial score (nSPS) is 10.9. The number of hydrogen-bond acceptors (Lipinski definition) is 7. The summed E-state index contributed by atoms with van der Waals surface area (Å²) in [5.41, 5.74) is 2.09. The third-order valence-corrected chi connectivity index (χ3v) is 5.95. The topological polar surface area (TPSA) is 66.0 Å². The lowest BCUT2D eigenvalue weighted by atomic mass is 10.2. The summed E-state index contributed by atoms with van der Waals surface area (Å²) in [7, 11) is 1.66. The maximum Gasteiger partial charge on any atom is 0.200 e. The quantitative estimate of drug-likeness (QED) is 0.296. The van der Waals surface area contributed by atoms with Crippen LogP contribution in [0.3, 0.4) is 0 Å². The van der Waals surface area contributed by atoms with E-state index in [1.54, 1.807) is 36.5 Å². The molecule has 0 spiro atoms. The number of rotatable bonds is 8. The minimum Gasteiger partial charge on any atom is -0.497 e. The highest BCUT2D eigenvalue weighted by Crippen LogP contribution is 2.30. The third kappa shape index (κ3) is 3.88. The molecule has 0 bridgehead atoms. The van der Waals surface area contributed by atoms with E-state index in [2.05, 4.69) is 22.2 Å². The molecule has 0 N–H and O–H groups in total. The summed E-state index contributed by atoms with van der Waals surface area (Å²) in [6.07, 6.45) is 3.45. The molecule has 4 aromatic rings. The van der Waals surface area contributed by atoms with Gasteiger partial charge in [0.15, 0.2) is 10.9 Å². The first-order valence-corrected chi connectivity index (χ1v) is 10.4. The number of thiazole rings is 1. The Morgan fingerprint density at radius 3 is 2.82 bits per heavy atom. The largest absolute Gasteiger partial charge is 0.497 e. The van der Waals surface area contributed by atoms with E-state index in [9.17, 15) is 0 Å². The zero-order valence-corrected chi connectivity index (χ0v) is 16.9. The zero-order chi connectivity index (χ0) is 19.3. The summed E-state index contributed by atoms with van der Waals surface area (Å²) < 4.78 is 12.7. The molecule has 0 aliphatic rings. The van der Waals surface area contributed by atoms with E-state index in [1.807, 2.05) is 47.0 Å². The Morgan fingerprint density at radius 2 is 2.11 bits per heavy atom. The van der Waals surface area contributed by atoms with Crippen LogP contribution in [0.1, 0.15) is 5.69 Å². The fraction of sp³-hybridized carbons (Fsp3) is 0.150. The third-order valence-electron chi connectivity index (χ3n) is 4.01. The number of thioether (sulfide) groups is 1. The molecule has 3 aromatic heterocycles. The Balaban J connectivity index is 1.49. The van der Waals surface area contributed by atoms with Crippen LogP contribution in [-0.4, -0.2) is 26.9 Å². The molecule has 6 nitrogen and oxygen atoms in total. The number of benzene rings is 1. The van der Waals surface area contributed by atoms with Crippen molar-refractivity contribution in [3.63, 3.8) is 0 Å². The van der Waals surface area contributed by atoms with E-state index in [4.69, 9.17) is 14.1 Å². The molecule has 0 saturated carbocycles. The van der Waals surface area contributed by atoms with Gasteiger partial charge in [-0.05, 0) is 36.4 Å². The molecule has 0 aliphatic carbocycles. The Kier molecular flexibility index (Phi) is 5.59. The number of methoxy groups -OCH3 is 1. The second-order valence-electron chi connectivity index (χ2n) is 5.84. The lowest BCUT2D eigenvalue weighted by Crippen LogP contribution is -2.00. The first-order valence-electron chi connectivity index (χ1n) is 8.58. The van der Waals surface area contributed by atoms with Gasteiger partial charge in [0, 0.05) is 23.2 Å². The summed E-state index contributed by atoms with van der Waals surface area (Å²) in [6.45, 7) is 4.44. The van der Waals surface area contributed by atoms with Gasteiger partial charge in [-0.2, -0.15) is 0 Å². The standard InChI is InChI=1S/C20H18N4O2S2/c1-3-10-24-18(17-5-4-11-26-17)22-23-20(24)28-13-15-12-27-19(21-15)14-6-8-16(25-2)9-7-14/h3-9,11-12H,1,10,13H2,2H3. The monoisotopic (exact) mass is 410 g/mol. The number of hydrogen-bond donors (Lipinski definition) is 0. The van der Waals surface area contributed by atoms with E-state index in [0.717, 1.165) is 27.2 Å². The molecule has 142 valence electrons. The van der Waals surface area contributed by atoms with Crippen molar-refractivity contribution in [2.45, 2.75) is 17.5 Å². The summed E-state index contributed by atoms with van der Waals surface area (Å²) in [6, 6.07) is 11.6. The van der Waals surface area contributed by atoms with Crippen molar-refractivity contribution in [1.82, 2.24) is 19.7 Å². The maximum atomic E-state index is 5.46. The van der Waals surface area contributed by atoms with E-state index in [0.29, 0.717) is 23.9 Å².